The van der Waals surface area contributed by atoms with Crippen LogP contribution < -0.4 is 10.8 Å². The maximum absolute atomic E-state index is 10.6. The monoisotopic (exact) mass is 168 g/mol. The molecule has 3 atom stereocenters. The molecule has 0 aliphatic rings. The summed E-state index contributed by atoms with van der Waals surface area (Å²) < 4.78 is 4.32. The predicted molar refractivity (Wildman–Crippen MR) is 41.5 cm³/mol. The zero-order valence-corrected chi connectivity index (χ0v) is 7.14. The molecule has 0 bridgehead atoms. The molecular formula is C3H10N2O2P2. The number of rotatable bonds is 3. The molecule has 0 aromatic carbocycles. The van der Waals surface area contributed by atoms with Crippen LogP contribution in [0.3, 0.4) is 0 Å². The minimum Gasteiger partial charge on any atom is -0.450 e. The summed E-state index contributed by atoms with van der Waals surface area (Å²) in [4.78, 5) is 10.6. The van der Waals surface area contributed by atoms with Crippen molar-refractivity contribution in [3.05, 3.63) is 0 Å². The Morgan fingerprint density at radius 3 is 2.56 bits per heavy atom. The first-order chi connectivity index (χ1) is 4.26. The first kappa shape index (κ1) is 9.25. The summed E-state index contributed by atoms with van der Waals surface area (Å²) in [6, 6.07) is -0.424. The summed E-state index contributed by atoms with van der Waals surface area (Å²) in [6.45, 7) is 0.233. The van der Waals surface area contributed by atoms with Gasteiger partial charge in [-0.2, -0.15) is 0 Å². The predicted octanol–water partition coefficient (Wildman–Crippen LogP) is -0.973. The van der Waals surface area contributed by atoms with Crippen molar-refractivity contribution < 1.29 is 9.32 Å². The molecule has 0 fully saturated rings. The molecule has 6 heteroatoms. The van der Waals surface area contributed by atoms with Crippen LogP contribution in [0.4, 0.5) is 0 Å². The van der Waals surface area contributed by atoms with Crippen LogP contribution in [0.25, 0.3) is 0 Å². The lowest BCUT2D eigenvalue weighted by atomic mass is 10.3. The van der Waals surface area contributed by atoms with Crippen molar-refractivity contribution in [3.63, 3.8) is 0 Å². The van der Waals surface area contributed by atoms with E-state index >= 15 is 0 Å². The van der Waals surface area contributed by atoms with Gasteiger partial charge in [-0.15, -0.1) is 0 Å². The third kappa shape index (κ3) is 3.07. The second kappa shape index (κ2) is 5.07. The van der Waals surface area contributed by atoms with Crippen molar-refractivity contribution in [2.75, 3.05) is 6.54 Å². The van der Waals surface area contributed by atoms with Gasteiger partial charge in [0.25, 0.3) is 0 Å². The minimum atomic E-state index is -0.424. The lowest BCUT2D eigenvalue weighted by Crippen LogP contribution is -2.37. The van der Waals surface area contributed by atoms with E-state index in [0.717, 1.165) is 0 Å². The second-order valence-corrected chi connectivity index (χ2v) is 1.96. The van der Waals surface area contributed by atoms with E-state index in [1.165, 1.54) is 0 Å². The van der Waals surface area contributed by atoms with Gasteiger partial charge in [-0.3, -0.25) is 9.88 Å². The van der Waals surface area contributed by atoms with E-state index in [2.05, 4.69) is 19.0 Å². The topological polar surface area (TPSA) is 64.3 Å². The molecule has 0 rings (SSSR count). The van der Waals surface area contributed by atoms with Crippen LogP contribution in [0.15, 0.2) is 0 Å². The fourth-order valence-electron chi connectivity index (χ4n) is 0.314. The number of nitrogens with one attached hydrogen (secondary N) is 1. The van der Waals surface area contributed by atoms with Crippen molar-refractivity contribution in [3.8, 4) is 0 Å². The highest BCUT2D eigenvalue weighted by Crippen LogP contribution is 1.93. The minimum absolute atomic E-state index is 0.233. The molecule has 0 aliphatic heterocycles. The van der Waals surface area contributed by atoms with Crippen LogP contribution in [-0.2, 0) is 9.32 Å². The number of hydrogen-bond acceptors (Lipinski definition) is 4. The lowest BCUT2D eigenvalue weighted by molar-refractivity contribution is -0.134. The molecule has 4 nitrogen and oxygen atoms in total. The Hall–Kier alpha value is 0.250. The molecule has 0 spiro atoms. The number of hydrogen-bond donors (Lipinski definition) is 2. The van der Waals surface area contributed by atoms with Gasteiger partial charge in [-0.05, 0) is 0 Å². The number of carbonyl (C=O) groups is 1. The third-order valence-electron chi connectivity index (χ3n) is 0.838. The van der Waals surface area contributed by atoms with Crippen molar-refractivity contribution in [1.29, 1.82) is 0 Å². The molecule has 3 N–H and O–H groups in total. The zero-order valence-electron chi connectivity index (χ0n) is 4.83. The quantitative estimate of drug-likeness (QED) is 0.532. The highest BCUT2D eigenvalue weighted by atomic mass is 31.0. The average Bonchev–Trinajstić information content (AvgIpc) is 1.90. The molecule has 9 heavy (non-hydrogen) atoms. The number of nitrogens with two attached hydrogens (primary N) is 1. The highest BCUT2D eigenvalue weighted by Gasteiger charge is 2.13. The Balaban J connectivity index is 3.64. The molecule has 0 amide bonds. The van der Waals surface area contributed by atoms with Crippen molar-refractivity contribution >= 4 is 24.8 Å². The van der Waals surface area contributed by atoms with Crippen molar-refractivity contribution in [1.82, 2.24) is 5.09 Å². The van der Waals surface area contributed by atoms with Crippen LogP contribution in [-0.4, -0.2) is 18.6 Å². The van der Waals surface area contributed by atoms with Crippen molar-refractivity contribution in [2.24, 2.45) is 5.73 Å². The summed E-state index contributed by atoms with van der Waals surface area (Å²) in [5.41, 5.74) is 5.17. The summed E-state index contributed by atoms with van der Waals surface area (Å²) in [7, 11) is 4.06. The molecular weight excluding hydrogens is 158 g/mol. The van der Waals surface area contributed by atoms with Gasteiger partial charge in [0.1, 0.15) is 6.04 Å². The van der Waals surface area contributed by atoms with Gasteiger partial charge < -0.3 is 10.3 Å². The second-order valence-electron chi connectivity index (χ2n) is 1.39. The molecule has 0 saturated carbocycles. The lowest BCUT2D eigenvalue weighted by Gasteiger charge is -2.08. The van der Waals surface area contributed by atoms with Gasteiger partial charge in [0.15, 0.2) is 0 Å². The van der Waals surface area contributed by atoms with E-state index in [0.29, 0.717) is 0 Å². The van der Waals surface area contributed by atoms with Gasteiger partial charge in [-0.25, -0.2) is 0 Å². The normalized spacial score (nSPS) is 12.8. The zero-order chi connectivity index (χ0) is 7.28. The summed E-state index contributed by atoms with van der Waals surface area (Å²) in [6.07, 6.45) is 0. The third-order valence-corrected chi connectivity index (χ3v) is 1.47. The number of carbonyl (C=O) groups excluding carboxylic acids is 1. The Labute approximate surface area is 58.4 Å². The molecule has 0 saturated heterocycles. The standard InChI is InChI=1S/C3H10N2O2P2/c4-1-2(5-8)3(6)7-9/h2,5H,1,4,8-9H2. The van der Waals surface area contributed by atoms with E-state index < -0.39 is 6.04 Å². The smallest absolute Gasteiger partial charge is 0.326 e. The largest absolute Gasteiger partial charge is 0.450 e. The molecule has 0 heterocycles. The molecule has 0 aliphatic carbocycles. The molecule has 3 unspecified atom stereocenters. The molecule has 0 aromatic heterocycles. The summed E-state index contributed by atoms with van der Waals surface area (Å²) >= 11 is 0. The Morgan fingerprint density at radius 1 is 1.89 bits per heavy atom. The molecule has 54 valence electrons. The van der Waals surface area contributed by atoms with Gasteiger partial charge in [0.2, 0.25) is 0 Å². The highest BCUT2D eigenvalue weighted by molar-refractivity contribution is 7.14. The van der Waals surface area contributed by atoms with Gasteiger partial charge in [0.05, 0.1) is 9.47 Å². The Kier molecular flexibility index (Phi) is 5.21. The van der Waals surface area contributed by atoms with Gasteiger partial charge >= 0.3 is 5.97 Å². The maximum atomic E-state index is 10.6. The first-order valence-electron chi connectivity index (χ1n) is 2.33. The summed E-state index contributed by atoms with van der Waals surface area (Å²) in [5.74, 6) is -0.377. The van der Waals surface area contributed by atoms with E-state index in [1.54, 1.807) is 0 Å². The van der Waals surface area contributed by atoms with Crippen LogP contribution in [0.5, 0.6) is 0 Å². The van der Waals surface area contributed by atoms with Crippen LogP contribution in [0.2, 0.25) is 0 Å². The maximum Gasteiger partial charge on any atom is 0.326 e. The van der Waals surface area contributed by atoms with E-state index in [1.807, 2.05) is 9.47 Å². The first-order valence-corrected chi connectivity index (χ1v) is 3.38. The van der Waals surface area contributed by atoms with E-state index in [-0.39, 0.29) is 12.5 Å². The molecule has 0 aromatic rings. The van der Waals surface area contributed by atoms with E-state index in [9.17, 15) is 4.79 Å². The van der Waals surface area contributed by atoms with Crippen LogP contribution >= 0.6 is 18.9 Å². The Bertz CT molecular complexity index is 95.8. The fourth-order valence-corrected chi connectivity index (χ4v) is 0.751. The fraction of sp³-hybridized carbons (Fsp3) is 0.667. The van der Waals surface area contributed by atoms with Crippen LogP contribution in [0.1, 0.15) is 0 Å². The van der Waals surface area contributed by atoms with Gasteiger partial charge in [-0.1, -0.05) is 9.39 Å². The van der Waals surface area contributed by atoms with E-state index in [4.69, 9.17) is 5.73 Å². The SMILES string of the molecule is NCC(NP)C(=O)OP. The molecule has 0 radical (unpaired) electrons. The average molecular weight is 168 g/mol. The summed E-state index contributed by atoms with van der Waals surface area (Å²) in [5, 5.41) is 2.61. The van der Waals surface area contributed by atoms with Gasteiger partial charge in [0, 0.05) is 6.54 Å². The van der Waals surface area contributed by atoms with Crippen molar-refractivity contribution in [2.45, 2.75) is 6.04 Å². The van der Waals surface area contributed by atoms with Crippen LogP contribution in [0, 0.1) is 0 Å². The Morgan fingerprint density at radius 2 is 2.44 bits per heavy atom.